The molecule has 1 heterocycles. The maximum atomic E-state index is 12.9. The fourth-order valence-corrected chi connectivity index (χ4v) is 3.30. The number of carbonyl (C=O) groups is 1. The van der Waals surface area contributed by atoms with Crippen LogP contribution in [-0.2, 0) is 11.3 Å². The number of benzene rings is 2. The fraction of sp³-hybridized carbons (Fsp3) is 0.381. The number of aliphatic hydroxyl groups is 1. The quantitative estimate of drug-likeness (QED) is 0.810. The first-order valence-corrected chi connectivity index (χ1v) is 9.15. The summed E-state index contributed by atoms with van der Waals surface area (Å²) in [4.78, 5) is 16.9. The molecule has 0 aliphatic carbocycles. The lowest BCUT2D eigenvalue weighted by molar-refractivity contribution is -0.125. The summed E-state index contributed by atoms with van der Waals surface area (Å²) in [5.74, 6) is 1.61. The highest BCUT2D eigenvalue weighted by atomic mass is 16.5. The van der Waals surface area contributed by atoms with E-state index in [2.05, 4.69) is 4.90 Å². The van der Waals surface area contributed by atoms with Crippen molar-refractivity contribution in [3.05, 3.63) is 54.1 Å². The second-order valence-corrected chi connectivity index (χ2v) is 6.51. The largest absolute Gasteiger partial charge is 0.497 e. The minimum absolute atomic E-state index is 0.0240. The molecule has 3 rings (SSSR count). The van der Waals surface area contributed by atoms with E-state index in [9.17, 15) is 4.79 Å². The lowest BCUT2D eigenvalue weighted by atomic mass is 10.1. The van der Waals surface area contributed by atoms with Crippen LogP contribution >= 0.6 is 0 Å². The van der Waals surface area contributed by atoms with Gasteiger partial charge in [-0.3, -0.25) is 9.69 Å². The molecule has 6 nitrogen and oxygen atoms in total. The van der Waals surface area contributed by atoms with Crippen LogP contribution in [0.25, 0.3) is 0 Å². The van der Waals surface area contributed by atoms with Crippen molar-refractivity contribution in [2.45, 2.75) is 19.5 Å². The predicted molar refractivity (Wildman–Crippen MR) is 104 cm³/mol. The maximum Gasteiger partial charge on any atom is 0.244 e. The lowest BCUT2D eigenvalue weighted by Crippen LogP contribution is -2.55. The number of hydrogen-bond donors (Lipinski definition) is 1. The van der Waals surface area contributed by atoms with Crippen LogP contribution in [0.1, 0.15) is 12.5 Å². The van der Waals surface area contributed by atoms with E-state index in [1.54, 1.807) is 7.11 Å². The van der Waals surface area contributed by atoms with E-state index in [1.165, 1.54) is 0 Å². The van der Waals surface area contributed by atoms with Gasteiger partial charge < -0.3 is 19.5 Å². The third kappa shape index (κ3) is 4.40. The van der Waals surface area contributed by atoms with Gasteiger partial charge >= 0.3 is 0 Å². The van der Waals surface area contributed by atoms with Gasteiger partial charge in [0, 0.05) is 30.9 Å². The molecule has 1 fully saturated rings. The van der Waals surface area contributed by atoms with E-state index in [0.717, 1.165) is 29.3 Å². The van der Waals surface area contributed by atoms with Gasteiger partial charge in [-0.15, -0.1) is 0 Å². The second kappa shape index (κ2) is 8.88. The molecular formula is C21H26N2O4. The third-order valence-electron chi connectivity index (χ3n) is 4.86. The van der Waals surface area contributed by atoms with E-state index in [-0.39, 0.29) is 25.2 Å². The van der Waals surface area contributed by atoms with Crippen molar-refractivity contribution in [1.82, 2.24) is 4.90 Å². The van der Waals surface area contributed by atoms with Crippen LogP contribution in [0.4, 0.5) is 5.69 Å². The minimum atomic E-state index is -0.230. The second-order valence-electron chi connectivity index (χ2n) is 6.51. The zero-order chi connectivity index (χ0) is 19.2. The normalized spacial score (nSPS) is 17.8. The van der Waals surface area contributed by atoms with Crippen molar-refractivity contribution in [3.8, 4) is 11.5 Å². The molecule has 27 heavy (non-hydrogen) atoms. The van der Waals surface area contributed by atoms with E-state index in [0.29, 0.717) is 13.1 Å². The summed E-state index contributed by atoms with van der Waals surface area (Å²) >= 11 is 0. The Kier molecular flexibility index (Phi) is 6.32. The van der Waals surface area contributed by atoms with Crippen LogP contribution in [-0.4, -0.2) is 55.4 Å². The Morgan fingerprint density at radius 2 is 1.85 bits per heavy atom. The molecule has 1 saturated heterocycles. The summed E-state index contributed by atoms with van der Waals surface area (Å²) in [5.41, 5.74) is 1.91. The molecule has 0 spiro atoms. The number of methoxy groups -OCH3 is 1. The highest BCUT2D eigenvalue weighted by molar-refractivity contribution is 5.97. The molecule has 0 unspecified atom stereocenters. The molecule has 0 radical (unpaired) electrons. The number of piperazine rings is 1. The van der Waals surface area contributed by atoms with Gasteiger partial charge in [-0.05, 0) is 37.3 Å². The zero-order valence-corrected chi connectivity index (χ0v) is 15.8. The Morgan fingerprint density at radius 1 is 1.11 bits per heavy atom. The molecule has 0 saturated carbocycles. The summed E-state index contributed by atoms with van der Waals surface area (Å²) < 4.78 is 10.8. The molecule has 1 aliphatic rings. The molecule has 0 aromatic heterocycles. The number of nitrogens with zero attached hydrogens (tertiary/aromatic N) is 2. The van der Waals surface area contributed by atoms with Gasteiger partial charge in [-0.2, -0.15) is 0 Å². The monoisotopic (exact) mass is 370 g/mol. The molecule has 1 amide bonds. The van der Waals surface area contributed by atoms with Crippen LogP contribution in [0.15, 0.2) is 48.5 Å². The molecule has 1 N–H and O–H groups in total. The number of rotatable bonds is 7. The first kappa shape index (κ1) is 19.2. The van der Waals surface area contributed by atoms with Gasteiger partial charge in [-0.1, -0.05) is 18.2 Å². The number of carbonyl (C=O) groups excluding carboxylic acids is 1. The van der Waals surface area contributed by atoms with Crippen molar-refractivity contribution < 1.29 is 19.4 Å². The SMILES string of the molecule is COc1ccc(N2CCN(Cc3ccccc3OCCO)[C@@H](C)C2=O)cc1. The summed E-state index contributed by atoms with van der Waals surface area (Å²) in [7, 11) is 1.63. The standard InChI is InChI=1S/C21H26N2O4/c1-16-21(25)23(18-7-9-19(26-2)10-8-18)12-11-22(16)15-17-5-3-4-6-20(17)27-14-13-24/h3-10,16,24H,11-15H2,1-2H3/t16-/m0/s1. The first-order chi connectivity index (χ1) is 13.1. The number of anilines is 1. The van der Waals surface area contributed by atoms with Crippen molar-refractivity contribution in [1.29, 1.82) is 0 Å². The number of ether oxygens (including phenoxy) is 2. The molecular weight excluding hydrogens is 344 g/mol. The van der Waals surface area contributed by atoms with E-state index < -0.39 is 0 Å². The number of para-hydroxylation sites is 1. The lowest BCUT2D eigenvalue weighted by Gasteiger charge is -2.39. The molecule has 0 bridgehead atoms. The molecule has 1 aliphatic heterocycles. The maximum absolute atomic E-state index is 12.9. The van der Waals surface area contributed by atoms with Crippen LogP contribution < -0.4 is 14.4 Å². The van der Waals surface area contributed by atoms with Crippen LogP contribution in [0.3, 0.4) is 0 Å². The average Bonchev–Trinajstić information content (AvgIpc) is 2.71. The fourth-order valence-electron chi connectivity index (χ4n) is 3.30. The van der Waals surface area contributed by atoms with E-state index in [1.807, 2.05) is 60.4 Å². The van der Waals surface area contributed by atoms with E-state index in [4.69, 9.17) is 14.6 Å². The van der Waals surface area contributed by atoms with Crippen LogP contribution in [0.5, 0.6) is 11.5 Å². The van der Waals surface area contributed by atoms with Gasteiger partial charge in [-0.25, -0.2) is 0 Å². The molecule has 144 valence electrons. The van der Waals surface area contributed by atoms with Gasteiger partial charge in [0.25, 0.3) is 0 Å². The Bertz CT molecular complexity index is 763. The molecule has 1 atom stereocenters. The van der Waals surface area contributed by atoms with Crippen LogP contribution in [0.2, 0.25) is 0 Å². The summed E-state index contributed by atoms with van der Waals surface area (Å²) in [6.07, 6.45) is 0. The average molecular weight is 370 g/mol. The van der Waals surface area contributed by atoms with Crippen molar-refractivity contribution in [2.24, 2.45) is 0 Å². The predicted octanol–water partition coefficient (Wildman–Crippen LogP) is 2.30. The topological polar surface area (TPSA) is 62.2 Å². The van der Waals surface area contributed by atoms with Crippen molar-refractivity contribution in [3.63, 3.8) is 0 Å². The Labute approximate surface area is 159 Å². The summed E-state index contributed by atoms with van der Waals surface area (Å²) in [5, 5.41) is 8.99. The highest BCUT2D eigenvalue weighted by Gasteiger charge is 2.32. The zero-order valence-electron chi connectivity index (χ0n) is 15.8. The molecule has 6 heteroatoms. The van der Waals surface area contributed by atoms with Gasteiger partial charge in [0.05, 0.1) is 19.8 Å². The van der Waals surface area contributed by atoms with Gasteiger partial charge in [0.15, 0.2) is 0 Å². The van der Waals surface area contributed by atoms with E-state index >= 15 is 0 Å². The smallest absolute Gasteiger partial charge is 0.244 e. The molecule has 2 aromatic carbocycles. The summed E-state index contributed by atoms with van der Waals surface area (Å²) in [6, 6.07) is 15.1. The van der Waals surface area contributed by atoms with Crippen molar-refractivity contribution in [2.75, 3.05) is 38.3 Å². The summed E-state index contributed by atoms with van der Waals surface area (Å²) in [6.45, 7) is 4.21. The van der Waals surface area contributed by atoms with Gasteiger partial charge in [0.1, 0.15) is 18.1 Å². The highest BCUT2D eigenvalue weighted by Crippen LogP contribution is 2.26. The van der Waals surface area contributed by atoms with Gasteiger partial charge in [0.2, 0.25) is 5.91 Å². The first-order valence-electron chi connectivity index (χ1n) is 9.15. The molecule has 2 aromatic rings. The number of hydrogen-bond acceptors (Lipinski definition) is 5. The Balaban J connectivity index is 1.69. The third-order valence-corrected chi connectivity index (χ3v) is 4.86. The Hall–Kier alpha value is -2.57. The Morgan fingerprint density at radius 3 is 2.56 bits per heavy atom. The van der Waals surface area contributed by atoms with Crippen LogP contribution in [0, 0.1) is 0 Å². The minimum Gasteiger partial charge on any atom is -0.497 e. The number of amides is 1. The number of aliphatic hydroxyl groups excluding tert-OH is 1. The van der Waals surface area contributed by atoms with Crippen molar-refractivity contribution >= 4 is 11.6 Å².